The van der Waals surface area contributed by atoms with Gasteiger partial charge in [-0.15, -0.1) is 0 Å². The summed E-state index contributed by atoms with van der Waals surface area (Å²) < 4.78 is 33.9. The lowest BCUT2D eigenvalue weighted by molar-refractivity contribution is 0.0507. The maximum absolute atomic E-state index is 13.5. The molecule has 3 aromatic rings. The molecule has 1 unspecified atom stereocenters. The van der Waals surface area contributed by atoms with Crippen molar-refractivity contribution >= 4 is 37.8 Å². The maximum atomic E-state index is 13.5. The number of nitrogens with zero attached hydrogens (tertiary/aromatic N) is 2. The molecule has 10 heteroatoms. The van der Waals surface area contributed by atoms with Crippen LogP contribution in [-0.2, 0) is 14.8 Å². The number of H-pyrrole nitrogens is 2. The molecule has 172 valence electrons. The van der Waals surface area contributed by atoms with Crippen molar-refractivity contribution < 1.29 is 17.9 Å². The van der Waals surface area contributed by atoms with Gasteiger partial charge in [0.15, 0.2) is 0 Å². The first-order valence-electron chi connectivity index (χ1n) is 10.8. The highest BCUT2D eigenvalue weighted by molar-refractivity contribution is 7.89. The van der Waals surface area contributed by atoms with Crippen LogP contribution in [0.15, 0.2) is 34.1 Å². The molecule has 1 fully saturated rings. The second-order valence-corrected chi connectivity index (χ2v) is 10.1. The van der Waals surface area contributed by atoms with Gasteiger partial charge in [-0.3, -0.25) is 4.79 Å². The topological polar surface area (TPSA) is 116 Å². The van der Waals surface area contributed by atoms with E-state index in [-0.39, 0.29) is 34.2 Å². The summed E-state index contributed by atoms with van der Waals surface area (Å²) in [6, 6.07) is 4.52. The van der Waals surface area contributed by atoms with Gasteiger partial charge in [0.2, 0.25) is 10.0 Å². The van der Waals surface area contributed by atoms with Gasteiger partial charge < -0.3 is 19.6 Å². The molecular formula is C22H28N4O5S. The Hall–Kier alpha value is -2.69. The molecule has 1 aliphatic rings. The summed E-state index contributed by atoms with van der Waals surface area (Å²) in [5, 5.41) is 0.843. The molecule has 9 nitrogen and oxygen atoms in total. The molecule has 0 spiro atoms. The summed E-state index contributed by atoms with van der Waals surface area (Å²) in [6.07, 6.45) is 2.88. The number of pyridine rings is 1. The van der Waals surface area contributed by atoms with Crippen LogP contribution in [0, 0.1) is 0 Å². The number of fused-ring (bicyclic) bond motifs is 3. The quantitative estimate of drug-likeness (QED) is 0.523. The van der Waals surface area contributed by atoms with E-state index in [0.29, 0.717) is 35.8 Å². The first-order valence-corrected chi connectivity index (χ1v) is 12.3. The van der Waals surface area contributed by atoms with Crippen LogP contribution in [0.5, 0.6) is 0 Å². The van der Waals surface area contributed by atoms with Crippen molar-refractivity contribution in [1.82, 2.24) is 19.2 Å². The van der Waals surface area contributed by atoms with Gasteiger partial charge in [0.05, 0.1) is 17.1 Å². The molecule has 4 rings (SSSR count). The third-order valence-corrected chi connectivity index (χ3v) is 7.99. The zero-order valence-electron chi connectivity index (χ0n) is 18.5. The van der Waals surface area contributed by atoms with Crippen molar-refractivity contribution in [3.63, 3.8) is 0 Å². The van der Waals surface area contributed by atoms with E-state index in [1.165, 1.54) is 22.6 Å². The number of rotatable bonds is 7. The van der Waals surface area contributed by atoms with Gasteiger partial charge in [-0.1, -0.05) is 13.8 Å². The van der Waals surface area contributed by atoms with Gasteiger partial charge in [-0.2, -0.15) is 4.31 Å². The van der Waals surface area contributed by atoms with Crippen molar-refractivity contribution in [2.45, 2.75) is 37.6 Å². The predicted octanol–water partition coefficient (Wildman–Crippen LogP) is 2.29. The molecule has 2 aromatic heterocycles. The van der Waals surface area contributed by atoms with Gasteiger partial charge in [-0.05, 0) is 44.6 Å². The van der Waals surface area contributed by atoms with E-state index in [2.05, 4.69) is 14.9 Å². The lowest BCUT2D eigenvalue weighted by Gasteiger charge is -2.27. The maximum Gasteiger partial charge on any atom is 0.340 e. The molecule has 0 aliphatic carbocycles. The summed E-state index contributed by atoms with van der Waals surface area (Å²) >= 11 is 0. The summed E-state index contributed by atoms with van der Waals surface area (Å²) in [5.41, 5.74) is 0.486. The van der Waals surface area contributed by atoms with Crippen LogP contribution < -0.4 is 5.56 Å². The second kappa shape index (κ2) is 8.68. The van der Waals surface area contributed by atoms with Crippen molar-refractivity contribution in [2.24, 2.45) is 0 Å². The molecular weight excluding hydrogens is 432 g/mol. The number of nitrogens with one attached hydrogen (secondary N) is 2. The monoisotopic (exact) mass is 460 g/mol. The van der Waals surface area contributed by atoms with Crippen LogP contribution in [0.2, 0.25) is 0 Å². The molecule has 2 N–H and O–H groups in total. The number of esters is 1. The third-order valence-electron chi connectivity index (χ3n) is 5.97. The molecule has 0 amide bonds. The lowest BCUT2D eigenvalue weighted by atomic mass is 10.1. The van der Waals surface area contributed by atoms with Gasteiger partial charge in [0, 0.05) is 41.6 Å². The first-order chi connectivity index (χ1) is 15.3. The number of benzene rings is 1. The highest BCUT2D eigenvalue weighted by atomic mass is 32.2. The Morgan fingerprint density at radius 2 is 2.09 bits per heavy atom. The molecule has 1 aromatic carbocycles. The zero-order valence-corrected chi connectivity index (χ0v) is 19.3. The van der Waals surface area contributed by atoms with E-state index in [9.17, 15) is 18.0 Å². The van der Waals surface area contributed by atoms with E-state index in [0.717, 1.165) is 13.0 Å². The van der Waals surface area contributed by atoms with Crippen LogP contribution in [-0.4, -0.2) is 72.9 Å². The number of likely N-dealkylation sites (tertiary alicyclic amines) is 1. The van der Waals surface area contributed by atoms with Gasteiger partial charge in [-0.25, -0.2) is 13.2 Å². The Bertz CT molecular complexity index is 1330. The van der Waals surface area contributed by atoms with Crippen LogP contribution in [0.25, 0.3) is 21.8 Å². The number of likely N-dealkylation sites (N-methyl/N-ethyl adjacent to an activating group) is 2. The average Bonchev–Trinajstić information content (AvgIpc) is 3.39. The fourth-order valence-corrected chi connectivity index (χ4v) is 6.09. The Kier molecular flexibility index (Phi) is 6.11. The Labute approximate surface area is 186 Å². The molecule has 0 saturated carbocycles. The second-order valence-electron chi connectivity index (χ2n) is 8.16. The van der Waals surface area contributed by atoms with Crippen molar-refractivity contribution in [3.8, 4) is 0 Å². The third kappa shape index (κ3) is 3.82. The van der Waals surface area contributed by atoms with E-state index in [1.54, 1.807) is 6.07 Å². The van der Waals surface area contributed by atoms with Crippen molar-refractivity contribution in [3.05, 3.63) is 40.3 Å². The van der Waals surface area contributed by atoms with E-state index in [1.807, 2.05) is 20.9 Å². The minimum Gasteiger partial charge on any atom is -0.462 e. The summed E-state index contributed by atoms with van der Waals surface area (Å²) in [5.74, 6) is -0.553. The standard InChI is InChI=1S/C22H28N4O5S/c1-4-10-31-22(28)17-12-23-20-19(17)16-11-15(6-7-18(16)24-21(20)27)32(29,30)26(5-2)14-8-9-25(3)13-14/h6-7,11-12,14,23H,4-5,8-10,13H2,1-3H3,(H,24,27). The molecule has 0 bridgehead atoms. The number of sulfonamides is 1. The van der Waals surface area contributed by atoms with Gasteiger partial charge >= 0.3 is 5.97 Å². The number of ether oxygens (including phenoxy) is 1. The van der Waals surface area contributed by atoms with Crippen LogP contribution >= 0.6 is 0 Å². The minimum atomic E-state index is -3.77. The Balaban J connectivity index is 1.86. The fourth-order valence-electron chi connectivity index (χ4n) is 4.41. The smallest absolute Gasteiger partial charge is 0.340 e. The fraction of sp³-hybridized carbons (Fsp3) is 0.455. The van der Waals surface area contributed by atoms with E-state index < -0.39 is 16.0 Å². The number of aromatic amines is 2. The Morgan fingerprint density at radius 3 is 2.75 bits per heavy atom. The normalized spacial score (nSPS) is 17.6. The lowest BCUT2D eigenvalue weighted by Crippen LogP contribution is -2.41. The minimum absolute atomic E-state index is 0.0897. The zero-order chi connectivity index (χ0) is 23.0. The molecule has 0 radical (unpaired) electrons. The molecule has 1 saturated heterocycles. The summed E-state index contributed by atoms with van der Waals surface area (Å²) in [7, 11) is -1.79. The first kappa shape index (κ1) is 22.5. The largest absolute Gasteiger partial charge is 0.462 e. The number of hydrogen-bond donors (Lipinski definition) is 2. The van der Waals surface area contributed by atoms with Gasteiger partial charge in [0.25, 0.3) is 5.56 Å². The average molecular weight is 461 g/mol. The summed E-state index contributed by atoms with van der Waals surface area (Å²) in [6.45, 7) is 5.88. The number of carbonyl (C=O) groups excluding carboxylic acids is 1. The highest BCUT2D eigenvalue weighted by Crippen LogP contribution is 2.30. The van der Waals surface area contributed by atoms with Crippen LogP contribution in [0.1, 0.15) is 37.0 Å². The SMILES string of the molecule is CCCOC(=O)c1c[nH]c2c(=O)[nH]c3ccc(S(=O)(=O)N(CC)C4CCN(C)C4)cc3c12. The van der Waals surface area contributed by atoms with Gasteiger partial charge in [0.1, 0.15) is 5.52 Å². The van der Waals surface area contributed by atoms with Crippen LogP contribution in [0.3, 0.4) is 0 Å². The molecule has 32 heavy (non-hydrogen) atoms. The van der Waals surface area contributed by atoms with Crippen LogP contribution in [0.4, 0.5) is 0 Å². The number of carbonyl (C=O) groups is 1. The predicted molar refractivity (Wildman–Crippen MR) is 122 cm³/mol. The van der Waals surface area contributed by atoms with Crippen molar-refractivity contribution in [2.75, 3.05) is 33.3 Å². The highest BCUT2D eigenvalue weighted by Gasteiger charge is 2.34. The van der Waals surface area contributed by atoms with E-state index in [4.69, 9.17) is 4.74 Å². The Morgan fingerprint density at radius 1 is 1.31 bits per heavy atom. The molecule has 1 aliphatic heterocycles. The molecule has 1 atom stereocenters. The molecule has 3 heterocycles. The number of hydrogen-bond acceptors (Lipinski definition) is 6. The van der Waals surface area contributed by atoms with E-state index >= 15 is 0 Å². The summed E-state index contributed by atoms with van der Waals surface area (Å²) in [4.78, 5) is 32.9. The van der Waals surface area contributed by atoms with Crippen molar-refractivity contribution in [1.29, 1.82) is 0 Å². The number of aromatic nitrogens is 2.